The lowest BCUT2D eigenvalue weighted by Crippen LogP contribution is -2.32. The Bertz CT molecular complexity index is 840. The van der Waals surface area contributed by atoms with Crippen molar-refractivity contribution in [3.63, 3.8) is 0 Å². The first kappa shape index (κ1) is 15.7. The molecule has 9 heteroatoms. The highest BCUT2D eigenvalue weighted by atomic mass is 32.2. The van der Waals surface area contributed by atoms with Crippen LogP contribution in [-0.2, 0) is 0 Å². The third-order valence-corrected chi connectivity index (χ3v) is 4.77. The number of nitrogens with one attached hydrogen (secondary N) is 1. The molecule has 1 saturated heterocycles. The SMILES string of the molecule is O=C(Nc1cnn(-c2ncc(N3CCSCC3)cn2)c1)c1ccoc1. The van der Waals surface area contributed by atoms with Gasteiger partial charge in [0.15, 0.2) is 0 Å². The van der Waals surface area contributed by atoms with Crippen molar-refractivity contribution < 1.29 is 9.21 Å². The van der Waals surface area contributed by atoms with E-state index < -0.39 is 0 Å². The summed E-state index contributed by atoms with van der Waals surface area (Å²) in [4.78, 5) is 23.0. The van der Waals surface area contributed by atoms with Gasteiger partial charge in [0.05, 0.1) is 48.0 Å². The van der Waals surface area contributed by atoms with Gasteiger partial charge in [0, 0.05) is 24.6 Å². The molecule has 0 atom stereocenters. The second-order valence-corrected chi connectivity index (χ2v) is 6.71. The van der Waals surface area contributed by atoms with Gasteiger partial charge < -0.3 is 14.6 Å². The van der Waals surface area contributed by atoms with E-state index in [1.807, 2.05) is 24.2 Å². The van der Waals surface area contributed by atoms with Crippen LogP contribution in [0.5, 0.6) is 0 Å². The Kier molecular flexibility index (Phi) is 4.38. The maximum atomic E-state index is 12.0. The first-order valence-corrected chi connectivity index (χ1v) is 8.98. The standard InChI is InChI=1S/C16H16N6O2S/c23-15(12-1-4-24-11-12)20-13-7-19-22(10-13)16-17-8-14(9-18-16)21-2-5-25-6-3-21/h1,4,7-11H,2-3,5-6H2,(H,20,23). The van der Waals surface area contributed by atoms with Crippen molar-refractivity contribution in [3.8, 4) is 5.95 Å². The van der Waals surface area contributed by atoms with E-state index in [1.54, 1.807) is 18.5 Å². The van der Waals surface area contributed by atoms with Gasteiger partial charge in [-0.2, -0.15) is 16.9 Å². The predicted octanol–water partition coefficient (Wildman–Crippen LogP) is 2.06. The van der Waals surface area contributed by atoms with Crippen molar-refractivity contribution in [2.75, 3.05) is 34.8 Å². The van der Waals surface area contributed by atoms with Gasteiger partial charge >= 0.3 is 0 Å². The first-order chi connectivity index (χ1) is 12.3. The highest BCUT2D eigenvalue weighted by molar-refractivity contribution is 7.99. The van der Waals surface area contributed by atoms with E-state index in [0.29, 0.717) is 17.2 Å². The predicted molar refractivity (Wildman–Crippen MR) is 95.4 cm³/mol. The molecule has 1 N–H and O–H groups in total. The number of aromatic nitrogens is 4. The minimum absolute atomic E-state index is 0.257. The maximum Gasteiger partial charge on any atom is 0.259 e. The molecule has 4 rings (SSSR count). The average molecular weight is 356 g/mol. The first-order valence-electron chi connectivity index (χ1n) is 7.83. The number of anilines is 2. The molecule has 1 aliphatic heterocycles. The highest BCUT2D eigenvalue weighted by Gasteiger charge is 2.13. The van der Waals surface area contributed by atoms with E-state index in [2.05, 4.69) is 25.3 Å². The fourth-order valence-electron chi connectivity index (χ4n) is 2.51. The number of carbonyl (C=O) groups is 1. The summed E-state index contributed by atoms with van der Waals surface area (Å²) < 4.78 is 6.43. The zero-order valence-corrected chi connectivity index (χ0v) is 14.1. The molecule has 1 aliphatic rings. The highest BCUT2D eigenvalue weighted by Crippen LogP contribution is 2.18. The molecule has 0 unspecified atom stereocenters. The van der Waals surface area contributed by atoms with E-state index in [-0.39, 0.29) is 5.91 Å². The molecule has 1 fully saturated rings. The second kappa shape index (κ2) is 6.98. The number of nitrogens with zero attached hydrogens (tertiary/aromatic N) is 5. The molecule has 4 heterocycles. The minimum atomic E-state index is -0.257. The van der Waals surface area contributed by atoms with E-state index in [9.17, 15) is 4.79 Å². The van der Waals surface area contributed by atoms with Gasteiger partial charge in [0.1, 0.15) is 6.26 Å². The van der Waals surface area contributed by atoms with Crippen molar-refractivity contribution in [1.82, 2.24) is 19.7 Å². The number of hydrogen-bond acceptors (Lipinski definition) is 7. The second-order valence-electron chi connectivity index (χ2n) is 5.48. The van der Waals surface area contributed by atoms with Crippen LogP contribution in [0.25, 0.3) is 5.95 Å². The van der Waals surface area contributed by atoms with Gasteiger partial charge in [-0.25, -0.2) is 14.6 Å². The van der Waals surface area contributed by atoms with Crippen molar-refractivity contribution in [2.45, 2.75) is 0 Å². The summed E-state index contributed by atoms with van der Waals surface area (Å²) in [6.07, 6.45) is 9.69. The summed E-state index contributed by atoms with van der Waals surface area (Å²) in [5.41, 5.74) is 2.03. The lowest BCUT2D eigenvalue weighted by Gasteiger charge is -2.27. The molecular weight excluding hydrogens is 340 g/mol. The third kappa shape index (κ3) is 3.50. The van der Waals surface area contributed by atoms with Crippen LogP contribution < -0.4 is 10.2 Å². The number of hydrogen-bond donors (Lipinski definition) is 1. The summed E-state index contributed by atoms with van der Waals surface area (Å²) in [6.45, 7) is 2.03. The van der Waals surface area contributed by atoms with Gasteiger partial charge in [0.25, 0.3) is 11.9 Å². The lowest BCUT2D eigenvalue weighted by atomic mass is 10.3. The smallest absolute Gasteiger partial charge is 0.259 e. The quantitative estimate of drug-likeness (QED) is 0.765. The van der Waals surface area contributed by atoms with Crippen molar-refractivity contribution in [3.05, 3.63) is 48.9 Å². The van der Waals surface area contributed by atoms with Crippen LogP contribution in [0.3, 0.4) is 0 Å². The summed E-state index contributed by atoms with van der Waals surface area (Å²) >= 11 is 1.96. The minimum Gasteiger partial charge on any atom is -0.472 e. The summed E-state index contributed by atoms with van der Waals surface area (Å²) in [5.74, 6) is 2.45. The Morgan fingerprint density at radius 1 is 1.20 bits per heavy atom. The van der Waals surface area contributed by atoms with Crippen molar-refractivity contribution in [1.29, 1.82) is 0 Å². The Morgan fingerprint density at radius 2 is 2.00 bits per heavy atom. The largest absolute Gasteiger partial charge is 0.472 e. The summed E-state index contributed by atoms with van der Waals surface area (Å²) in [7, 11) is 0. The molecule has 0 spiro atoms. The fourth-order valence-corrected chi connectivity index (χ4v) is 3.41. The Labute approximate surface area is 148 Å². The van der Waals surface area contributed by atoms with Crippen LogP contribution in [0.1, 0.15) is 10.4 Å². The van der Waals surface area contributed by atoms with Crippen LogP contribution in [-0.4, -0.2) is 50.3 Å². The third-order valence-electron chi connectivity index (χ3n) is 3.83. The molecule has 25 heavy (non-hydrogen) atoms. The van der Waals surface area contributed by atoms with Crippen LogP contribution in [0.15, 0.2) is 47.8 Å². The van der Waals surface area contributed by atoms with Gasteiger partial charge in [-0.1, -0.05) is 0 Å². The van der Waals surface area contributed by atoms with Gasteiger partial charge in [0.2, 0.25) is 0 Å². The van der Waals surface area contributed by atoms with Crippen LogP contribution in [0, 0.1) is 0 Å². The van der Waals surface area contributed by atoms with Crippen LogP contribution in [0.4, 0.5) is 11.4 Å². The summed E-state index contributed by atoms with van der Waals surface area (Å²) in [5, 5.41) is 6.95. The molecule has 0 aliphatic carbocycles. The maximum absolute atomic E-state index is 12.0. The Hall–Kier alpha value is -2.81. The van der Waals surface area contributed by atoms with Crippen LogP contribution in [0.2, 0.25) is 0 Å². The monoisotopic (exact) mass is 356 g/mol. The molecule has 0 radical (unpaired) electrons. The molecule has 0 aromatic carbocycles. The number of thioether (sulfide) groups is 1. The molecule has 0 bridgehead atoms. The average Bonchev–Trinajstić information content (AvgIpc) is 3.35. The number of carbonyl (C=O) groups excluding carboxylic acids is 1. The number of amides is 1. The zero-order valence-electron chi connectivity index (χ0n) is 13.3. The Morgan fingerprint density at radius 3 is 2.72 bits per heavy atom. The van der Waals surface area contributed by atoms with E-state index >= 15 is 0 Å². The molecule has 0 saturated carbocycles. The molecule has 3 aromatic heterocycles. The topological polar surface area (TPSA) is 89.1 Å². The van der Waals surface area contributed by atoms with E-state index in [4.69, 9.17) is 4.42 Å². The van der Waals surface area contributed by atoms with Crippen molar-refractivity contribution >= 4 is 29.0 Å². The van der Waals surface area contributed by atoms with E-state index in [0.717, 1.165) is 30.3 Å². The van der Waals surface area contributed by atoms with E-state index in [1.165, 1.54) is 17.2 Å². The molecule has 1 amide bonds. The normalized spacial score (nSPS) is 14.5. The van der Waals surface area contributed by atoms with Gasteiger partial charge in [-0.15, -0.1) is 0 Å². The van der Waals surface area contributed by atoms with Crippen LogP contribution >= 0.6 is 11.8 Å². The fraction of sp³-hybridized carbons (Fsp3) is 0.250. The lowest BCUT2D eigenvalue weighted by molar-refractivity contribution is 0.102. The molecule has 128 valence electrons. The molecular formula is C16H16N6O2S. The zero-order chi connectivity index (χ0) is 17.1. The van der Waals surface area contributed by atoms with Crippen molar-refractivity contribution in [2.24, 2.45) is 0 Å². The van der Waals surface area contributed by atoms with Gasteiger partial charge in [-0.05, 0) is 6.07 Å². The Balaban J connectivity index is 1.45. The van der Waals surface area contributed by atoms with Gasteiger partial charge in [-0.3, -0.25) is 4.79 Å². The number of furan rings is 1. The molecule has 3 aromatic rings. The number of rotatable bonds is 4. The summed E-state index contributed by atoms with van der Waals surface area (Å²) in [6, 6.07) is 1.60. The molecule has 8 nitrogen and oxygen atoms in total.